The van der Waals surface area contributed by atoms with Crippen LogP contribution >= 0.6 is 0 Å². The predicted molar refractivity (Wildman–Crippen MR) is 94.3 cm³/mol. The third-order valence-electron chi connectivity index (χ3n) is 3.35. The lowest BCUT2D eigenvalue weighted by Crippen LogP contribution is -1.97. The third kappa shape index (κ3) is 3.46. The van der Waals surface area contributed by atoms with Gasteiger partial charge in [0.25, 0.3) is 0 Å². The molecule has 0 amide bonds. The minimum atomic E-state index is 0.765. The second kappa shape index (κ2) is 6.67. The van der Waals surface area contributed by atoms with Gasteiger partial charge in [-0.2, -0.15) is 0 Å². The van der Waals surface area contributed by atoms with E-state index in [1.165, 1.54) is 0 Å². The number of hydrogen-bond donors (Lipinski definition) is 0. The zero-order valence-corrected chi connectivity index (χ0v) is 12.3. The summed E-state index contributed by atoms with van der Waals surface area (Å²) in [5, 5.41) is 0. The zero-order chi connectivity index (χ0) is 15.2. The molecule has 1 nitrogen and oxygen atoms in total. The van der Waals surface area contributed by atoms with Crippen LogP contribution in [0.5, 0.6) is 0 Å². The van der Waals surface area contributed by atoms with Crippen molar-refractivity contribution < 1.29 is 0 Å². The van der Waals surface area contributed by atoms with Crippen LogP contribution in [0, 0.1) is 0 Å². The Bertz CT molecular complexity index is 706. The summed E-state index contributed by atoms with van der Waals surface area (Å²) in [5.74, 6) is 0. The van der Waals surface area contributed by atoms with E-state index in [0.717, 1.165) is 33.7 Å². The summed E-state index contributed by atoms with van der Waals surface area (Å²) in [5.41, 5.74) is 5.92. The number of rotatable bonds is 5. The SMILES string of the molecule is C=Cc1ccc(C(C)=NC(=C)c2ccccc2)cc1C=C. The van der Waals surface area contributed by atoms with E-state index in [4.69, 9.17) is 0 Å². The Labute approximate surface area is 126 Å². The summed E-state index contributed by atoms with van der Waals surface area (Å²) < 4.78 is 0. The minimum absolute atomic E-state index is 0.765. The molecule has 0 aliphatic heterocycles. The molecule has 0 aromatic heterocycles. The van der Waals surface area contributed by atoms with Crippen molar-refractivity contribution in [3.8, 4) is 0 Å². The molecule has 0 aliphatic carbocycles. The van der Waals surface area contributed by atoms with E-state index < -0.39 is 0 Å². The maximum Gasteiger partial charge on any atom is 0.0633 e. The lowest BCUT2D eigenvalue weighted by Gasteiger charge is -2.07. The molecule has 0 saturated heterocycles. The van der Waals surface area contributed by atoms with Gasteiger partial charge in [-0.1, -0.05) is 74.4 Å². The first-order chi connectivity index (χ1) is 10.2. The van der Waals surface area contributed by atoms with Crippen LogP contribution in [0.15, 0.2) is 73.3 Å². The molecule has 0 spiro atoms. The summed E-state index contributed by atoms with van der Waals surface area (Å²) in [7, 11) is 0. The highest BCUT2D eigenvalue weighted by Gasteiger charge is 2.03. The molecule has 0 atom stereocenters. The molecule has 0 bridgehead atoms. The van der Waals surface area contributed by atoms with Gasteiger partial charge in [0.2, 0.25) is 0 Å². The molecule has 0 saturated carbocycles. The predicted octanol–water partition coefficient (Wildman–Crippen LogP) is 5.45. The van der Waals surface area contributed by atoms with Crippen LogP contribution in [0.3, 0.4) is 0 Å². The van der Waals surface area contributed by atoms with Crippen LogP contribution < -0.4 is 0 Å². The molecule has 2 aromatic carbocycles. The lowest BCUT2D eigenvalue weighted by atomic mass is 10.0. The van der Waals surface area contributed by atoms with Gasteiger partial charge < -0.3 is 0 Å². The highest BCUT2D eigenvalue weighted by atomic mass is 14.7. The fourth-order valence-electron chi connectivity index (χ4n) is 2.12. The van der Waals surface area contributed by atoms with Gasteiger partial charge in [0.05, 0.1) is 5.70 Å². The Kier molecular flexibility index (Phi) is 4.68. The minimum Gasteiger partial charge on any atom is -0.253 e. The second-order valence-electron chi connectivity index (χ2n) is 4.76. The maximum absolute atomic E-state index is 4.61. The molecule has 2 rings (SSSR count). The first-order valence-corrected chi connectivity index (χ1v) is 6.84. The molecule has 0 fully saturated rings. The van der Waals surface area contributed by atoms with Gasteiger partial charge >= 0.3 is 0 Å². The van der Waals surface area contributed by atoms with Crippen molar-refractivity contribution in [3.05, 3.63) is 90.5 Å². The average molecular weight is 273 g/mol. The van der Waals surface area contributed by atoms with Crippen molar-refractivity contribution >= 4 is 23.6 Å². The first kappa shape index (κ1) is 14.7. The van der Waals surface area contributed by atoms with E-state index >= 15 is 0 Å². The smallest absolute Gasteiger partial charge is 0.0633 e. The molecular weight excluding hydrogens is 254 g/mol. The summed E-state index contributed by atoms with van der Waals surface area (Å²) in [6.07, 6.45) is 3.66. The van der Waals surface area contributed by atoms with E-state index in [-0.39, 0.29) is 0 Å². The van der Waals surface area contributed by atoms with Crippen molar-refractivity contribution in [1.82, 2.24) is 0 Å². The lowest BCUT2D eigenvalue weighted by molar-refractivity contribution is 1.47. The molecule has 0 heterocycles. The van der Waals surface area contributed by atoms with Gasteiger partial charge in [-0.3, -0.25) is 4.99 Å². The summed E-state index contributed by atoms with van der Waals surface area (Å²) >= 11 is 0. The Morgan fingerprint density at radius 2 is 1.57 bits per heavy atom. The molecule has 0 N–H and O–H groups in total. The van der Waals surface area contributed by atoms with E-state index in [1.54, 1.807) is 0 Å². The van der Waals surface area contributed by atoms with Crippen LogP contribution in [0.1, 0.15) is 29.2 Å². The van der Waals surface area contributed by atoms with Crippen LogP contribution in [0.25, 0.3) is 17.8 Å². The average Bonchev–Trinajstić information content (AvgIpc) is 2.54. The molecule has 0 unspecified atom stereocenters. The van der Waals surface area contributed by atoms with Crippen molar-refractivity contribution in [2.24, 2.45) is 4.99 Å². The van der Waals surface area contributed by atoms with Crippen LogP contribution in [0.2, 0.25) is 0 Å². The largest absolute Gasteiger partial charge is 0.253 e. The Morgan fingerprint density at radius 3 is 2.19 bits per heavy atom. The van der Waals surface area contributed by atoms with E-state index in [0.29, 0.717) is 0 Å². The Balaban J connectivity index is 2.33. The quantitative estimate of drug-likeness (QED) is 0.642. The number of nitrogens with zero attached hydrogens (tertiary/aromatic N) is 1. The van der Waals surface area contributed by atoms with Gasteiger partial charge in [0, 0.05) is 5.71 Å². The van der Waals surface area contributed by atoms with E-state index in [9.17, 15) is 0 Å². The molecular formula is C20H19N. The van der Waals surface area contributed by atoms with Crippen molar-refractivity contribution in [1.29, 1.82) is 0 Å². The van der Waals surface area contributed by atoms with E-state index in [2.05, 4.69) is 30.8 Å². The Hall–Kier alpha value is -2.67. The summed E-state index contributed by atoms with van der Waals surface area (Å²) in [6.45, 7) is 13.7. The molecule has 0 aliphatic rings. The summed E-state index contributed by atoms with van der Waals surface area (Å²) in [4.78, 5) is 4.61. The van der Waals surface area contributed by atoms with Gasteiger partial charge in [-0.25, -0.2) is 0 Å². The molecule has 21 heavy (non-hydrogen) atoms. The van der Waals surface area contributed by atoms with Gasteiger partial charge in [0.1, 0.15) is 0 Å². The van der Waals surface area contributed by atoms with Crippen molar-refractivity contribution in [2.75, 3.05) is 0 Å². The standard InChI is InChI=1S/C20H19N/c1-5-17-12-13-20(14-18(17)6-2)16(4)21-15(3)19-10-8-7-9-11-19/h5-14H,1-3H2,4H3. The van der Waals surface area contributed by atoms with Crippen molar-refractivity contribution in [3.63, 3.8) is 0 Å². The third-order valence-corrected chi connectivity index (χ3v) is 3.35. The van der Waals surface area contributed by atoms with Crippen LogP contribution in [-0.4, -0.2) is 5.71 Å². The molecule has 0 radical (unpaired) electrons. The monoisotopic (exact) mass is 273 g/mol. The second-order valence-corrected chi connectivity index (χ2v) is 4.76. The topological polar surface area (TPSA) is 12.4 Å². The van der Waals surface area contributed by atoms with Gasteiger partial charge in [-0.05, 0) is 35.2 Å². The maximum atomic E-state index is 4.61. The highest BCUT2D eigenvalue weighted by molar-refractivity contribution is 6.02. The number of aliphatic imine (C=N–C) groups is 1. The molecule has 104 valence electrons. The van der Waals surface area contributed by atoms with Gasteiger partial charge in [-0.15, -0.1) is 0 Å². The fraction of sp³-hybridized carbons (Fsp3) is 0.0500. The molecule has 1 heteroatoms. The van der Waals surface area contributed by atoms with E-state index in [1.807, 2.05) is 61.5 Å². The van der Waals surface area contributed by atoms with Crippen molar-refractivity contribution in [2.45, 2.75) is 6.92 Å². The molecule has 2 aromatic rings. The fourth-order valence-corrected chi connectivity index (χ4v) is 2.12. The number of benzene rings is 2. The van der Waals surface area contributed by atoms with Crippen LogP contribution in [-0.2, 0) is 0 Å². The number of hydrogen-bond acceptors (Lipinski definition) is 1. The summed E-state index contributed by atoms with van der Waals surface area (Å²) in [6, 6.07) is 16.1. The van der Waals surface area contributed by atoms with Crippen LogP contribution in [0.4, 0.5) is 0 Å². The Morgan fingerprint density at radius 1 is 0.905 bits per heavy atom. The first-order valence-electron chi connectivity index (χ1n) is 6.84. The zero-order valence-electron chi connectivity index (χ0n) is 12.3. The normalized spacial score (nSPS) is 11.0. The van der Waals surface area contributed by atoms with Gasteiger partial charge in [0.15, 0.2) is 0 Å². The highest BCUT2D eigenvalue weighted by Crippen LogP contribution is 2.18.